The second-order valence-corrected chi connectivity index (χ2v) is 12.2. The van der Waals surface area contributed by atoms with Crippen LogP contribution in [0.3, 0.4) is 0 Å². The van der Waals surface area contributed by atoms with Crippen LogP contribution in [0.5, 0.6) is 0 Å². The zero-order valence-electron chi connectivity index (χ0n) is 19.0. The molecule has 1 aromatic heterocycles. The lowest BCUT2D eigenvalue weighted by Crippen LogP contribution is -2.76. The molecular formula is C25H27BrF3N3O2. The highest BCUT2D eigenvalue weighted by molar-refractivity contribution is 9.10. The van der Waals surface area contributed by atoms with Crippen LogP contribution in [0.4, 0.5) is 13.2 Å². The van der Waals surface area contributed by atoms with Crippen molar-refractivity contribution < 1.29 is 22.5 Å². The highest BCUT2D eigenvalue weighted by Gasteiger charge is 2.80. The van der Waals surface area contributed by atoms with Crippen LogP contribution in [-0.2, 0) is 16.1 Å². The minimum Gasteiger partial charge on any atom is -0.355 e. The predicted molar refractivity (Wildman–Crippen MR) is 121 cm³/mol. The Morgan fingerprint density at radius 2 is 1.88 bits per heavy atom. The Bertz CT molecular complexity index is 1130. The van der Waals surface area contributed by atoms with Gasteiger partial charge in [-0.05, 0) is 74.5 Å². The predicted octanol–water partition coefficient (Wildman–Crippen LogP) is 5.94. The lowest BCUT2D eigenvalue weighted by molar-refractivity contribution is -0.235. The lowest BCUT2D eigenvalue weighted by Gasteiger charge is -2.70. The molecule has 1 heterocycles. The van der Waals surface area contributed by atoms with Crippen molar-refractivity contribution in [3.63, 3.8) is 0 Å². The minimum absolute atomic E-state index is 0.0130. The summed E-state index contributed by atoms with van der Waals surface area (Å²) < 4.78 is 48.0. The first-order valence-electron chi connectivity index (χ1n) is 11.9. The monoisotopic (exact) mass is 537 g/mol. The maximum Gasteiger partial charge on any atom is 0.322 e. The Hall–Kier alpha value is -1.90. The number of nitrogens with one attached hydrogen (secondary N) is 1. The smallest absolute Gasteiger partial charge is 0.322 e. The van der Waals surface area contributed by atoms with E-state index in [2.05, 4.69) is 31.4 Å². The van der Waals surface area contributed by atoms with E-state index >= 15 is 4.39 Å². The number of nitrogens with zero attached hydrogens (tertiary/aromatic N) is 2. The first-order chi connectivity index (χ1) is 16.0. The van der Waals surface area contributed by atoms with Crippen LogP contribution >= 0.6 is 15.9 Å². The Balaban J connectivity index is 1.11. The summed E-state index contributed by atoms with van der Waals surface area (Å²) in [5.41, 5.74) is -1.38. The maximum atomic E-state index is 15.1. The summed E-state index contributed by atoms with van der Waals surface area (Å²) in [6.07, 6.45) is 5.56. The van der Waals surface area contributed by atoms with Gasteiger partial charge in [0.2, 0.25) is 5.91 Å². The molecule has 6 aliphatic rings. The van der Waals surface area contributed by atoms with Gasteiger partial charge in [0, 0.05) is 29.3 Å². The van der Waals surface area contributed by atoms with Crippen LogP contribution in [0, 0.1) is 10.8 Å². The Labute approximate surface area is 204 Å². The molecule has 0 saturated heterocycles. The van der Waals surface area contributed by atoms with Gasteiger partial charge in [0.15, 0.2) is 5.82 Å². The molecule has 34 heavy (non-hydrogen) atoms. The zero-order valence-corrected chi connectivity index (χ0v) is 20.6. The molecule has 1 atom stereocenters. The van der Waals surface area contributed by atoms with Gasteiger partial charge in [-0.15, -0.1) is 0 Å². The van der Waals surface area contributed by atoms with Crippen molar-refractivity contribution in [1.29, 1.82) is 0 Å². The Morgan fingerprint density at radius 3 is 2.44 bits per heavy atom. The fourth-order valence-corrected chi connectivity index (χ4v) is 7.58. The molecule has 9 heteroatoms. The fourth-order valence-electron chi connectivity index (χ4n) is 7.16. The van der Waals surface area contributed by atoms with Crippen molar-refractivity contribution in [3.8, 4) is 0 Å². The van der Waals surface area contributed by atoms with E-state index in [-0.39, 0.29) is 22.7 Å². The third-order valence-electron chi connectivity index (χ3n) is 9.22. The number of alkyl halides is 3. The Kier molecular flexibility index (Phi) is 4.69. The largest absolute Gasteiger partial charge is 0.355 e. The number of halogens is 4. The number of carbonyl (C=O) groups is 1. The number of hydrogen-bond donors (Lipinski definition) is 1. The van der Waals surface area contributed by atoms with Gasteiger partial charge >= 0.3 is 5.92 Å². The van der Waals surface area contributed by atoms with Gasteiger partial charge in [-0.3, -0.25) is 4.79 Å². The molecule has 0 aliphatic heterocycles. The van der Waals surface area contributed by atoms with Gasteiger partial charge in [0.1, 0.15) is 5.67 Å². The first-order valence-corrected chi connectivity index (χ1v) is 12.7. The van der Waals surface area contributed by atoms with Crippen LogP contribution in [0.15, 0.2) is 33.3 Å². The lowest BCUT2D eigenvalue weighted by atomic mass is 9.34. The second kappa shape index (κ2) is 7.08. The second-order valence-electron chi connectivity index (χ2n) is 11.3. The molecule has 6 aliphatic carbocycles. The topological polar surface area (TPSA) is 68.0 Å². The van der Waals surface area contributed by atoms with E-state index in [0.717, 1.165) is 55.5 Å². The van der Waals surface area contributed by atoms with Gasteiger partial charge < -0.3 is 9.84 Å². The third-order valence-corrected chi connectivity index (χ3v) is 9.72. The number of carbonyl (C=O) groups excluding carboxylic acids is 1. The molecule has 1 N–H and O–H groups in total. The van der Waals surface area contributed by atoms with Gasteiger partial charge in [-0.1, -0.05) is 33.2 Å². The van der Waals surface area contributed by atoms with E-state index in [1.807, 2.05) is 24.3 Å². The van der Waals surface area contributed by atoms with E-state index in [1.54, 1.807) is 0 Å². The van der Waals surface area contributed by atoms with Gasteiger partial charge in [-0.2, -0.15) is 13.8 Å². The summed E-state index contributed by atoms with van der Waals surface area (Å²) in [5.74, 6) is -3.81. The standard InChI is InChI=1S/C25H27BrF3N3O2/c1-21(27,28)20-31-18(32-34-20)23-8-5-22(6-9-23,7-10-23)14-30-19(33)24-12-25(29,13-24)17(24)15-3-2-4-16(26)11-15/h2-4,11,17H,5-10,12-14H2,1H3,(H,30,33). The highest BCUT2D eigenvalue weighted by Crippen LogP contribution is 2.77. The number of benzene rings is 1. The van der Waals surface area contributed by atoms with E-state index in [4.69, 9.17) is 4.52 Å². The Morgan fingerprint density at radius 1 is 1.21 bits per heavy atom. The van der Waals surface area contributed by atoms with Crippen molar-refractivity contribution in [2.75, 3.05) is 6.54 Å². The molecule has 1 aromatic carbocycles. The van der Waals surface area contributed by atoms with E-state index in [0.29, 0.717) is 25.2 Å². The summed E-state index contributed by atoms with van der Waals surface area (Å²) in [6.45, 7) is 1.33. The van der Waals surface area contributed by atoms with Crippen LogP contribution in [0.2, 0.25) is 0 Å². The third kappa shape index (κ3) is 3.14. The summed E-state index contributed by atoms with van der Waals surface area (Å²) in [5, 5.41) is 7.09. The van der Waals surface area contributed by atoms with E-state index in [9.17, 15) is 13.6 Å². The highest BCUT2D eigenvalue weighted by atomic mass is 79.9. The van der Waals surface area contributed by atoms with Crippen molar-refractivity contribution >= 4 is 21.8 Å². The zero-order chi connectivity index (χ0) is 24.0. The molecule has 182 valence electrons. The molecular weight excluding hydrogens is 511 g/mol. The first kappa shape index (κ1) is 22.6. The maximum absolute atomic E-state index is 15.1. The molecule has 1 amide bonds. The van der Waals surface area contributed by atoms with E-state index in [1.165, 1.54) is 0 Å². The molecule has 8 rings (SSSR count). The summed E-state index contributed by atoms with van der Waals surface area (Å²) in [4.78, 5) is 17.3. The van der Waals surface area contributed by atoms with Gasteiger partial charge in [-0.25, -0.2) is 4.39 Å². The van der Waals surface area contributed by atoms with Crippen molar-refractivity contribution in [1.82, 2.24) is 15.5 Å². The molecule has 6 saturated carbocycles. The van der Waals surface area contributed by atoms with Crippen LogP contribution < -0.4 is 5.32 Å². The van der Waals surface area contributed by atoms with Crippen molar-refractivity contribution in [2.24, 2.45) is 10.8 Å². The number of amides is 1. The summed E-state index contributed by atoms with van der Waals surface area (Å²) >= 11 is 3.45. The van der Waals surface area contributed by atoms with Crippen molar-refractivity contribution in [3.05, 3.63) is 46.0 Å². The number of fused-ring (bicyclic) bond motifs is 3. The molecule has 0 spiro atoms. The van der Waals surface area contributed by atoms with Gasteiger partial charge in [0.05, 0.1) is 5.41 Å². The van der Waals surface area contributed by atoms with Crippen molar-refractivity contribution in [2.45, 2.75) is 81.2 Å². The molecule has 4 bridgehead atoms. The van der Waals surface area contributed by atoms with Gasteiger partial charge in [0.25, 0.3) is 5.89 Å². The minimum atomic E-state index is -3.15. The number of rotatable bonds is 6. The normalized spacial score (nSPS) is 38.2. The molecule has 2 aromatic rings. The molecule has 6 fully saturated rings. The quantitative estimate of drug-likeness (QED) is 0.495. The molecule has 5 nitrogen and oxygen atoms in total. The van der Waals surface area contributed by atoms with E-state index < -0.39 is 22.9 Å². The molecule has 0 radical (unpaired) electrons. The summed E-state index contributed by atoms with van der Waals surface area (Å²) in [7, 11) is 0. The number of hydrogen-bond acceptors (Lipinski definition) is 4. The SMILES string of the molecule is CC(F)(F)c1nc(C23CCC(CNC(=O)C45CC(F)(C4)C5c4cccc(Br)c4)(CC2)CC3)no1. The summed E-state index contributed by atoms with van der Waals surface area (Å²) in [6, 6.07) is 7.61. The number of aromatic nitrogens is 2. The average Bonchev–Trinajstić information content (AvgIpc) is 3.28. The fraction of sp³-hybridized carbons (Fsp3) is 0.640. The van der Waals surface area contributed by atoms with Crippen LogP contribution in [-0.4, -0.2) is 28.3 Å². The van der Waals surface area contributed by atoms with Crippen LogP contribution in [0.25, 0.3) is 0 Å². The average molecular weight is 538 g/mol. The van der Waals surface area contributed by atoms with Crippen LogP contribution in [0.1, 0.15) is 81.5 Å². The molecule has 1 unspecified atom stereocenters.